The Morgan fingerprint density at radius 2 is 1.67 bits per heavy atom. The third-order valence-electron chi connectivity index (χ3n) is 11.0. The number of aliphatic carboxylic acids is 1. The zero-order chi connectivity index (χ0) is 19.4. The van der Waals surface area contributed by atoms with E-state index < -0.39 is 5.97 Å². The van der Waals surface area contributed by atoms with Gasteiger partial charge < -0.3 is 5.11 Å². The number of fused-ring (bicyclic) bond motifs is 5. The van der Waals surface area contributed by atoms with Crippen LogP contribution >= 0.6 is 0 Å². The number of rotatable bonds is 4. The van der Waals surface area contributed by atoms with E-state index in [0.717, 1.165) is 30.1 Å². The highest BCUT2D eigenvalue weighted by molar-refractivity contribution is 5.66. The third kappa shape index (κ3) is 2.83. The summed E-state index contributed by atoms with van der Waals surface area (Å²) in [6.07, 6.45) is 15.6. The van der Waals surface area contributed by atoms with Gasteiger partial charge in [0, 0.05) is 6.42 Å². The van der Waals surface area contributed by atoms with E-state index in [1.807, 2.05) is 0 Å². The van der Waals surface area contributed by atoms with Gasteiger partial charge in [-0.25, -0.2) is 0 Å². The van der Waals surface area contributed by atoms with Crippen molar-refractivity contribution in [3.8, 4) is 0 Å². The Balaban J connectivity index is 1.58. The molecule has 4 rings (SSSR count). The van der Waals surface area contributed by atoms with E-state index >= 15 is 0 Å². The fourth-order valence-electron chi connectivity index (χ4n) is 9.21. The van der Waals surface area contributed by atoms with E-state index in [-0.39, 0.29) is 0 Å². The molecule has 0 radical (unpaired) electrons. The van der Waals surface area contributed by atoms with E-state index in [1.165, 1.54) is 64.2 Å². The fraction of sp³-hybridized carbons (Fsp3) is 0.960. The summed E-state index contributed by atoms with van der Waals surface area (Å²) in [5, 5.41) is 9.15. The minimum absolute atomic E-state index is 0.344. The molecule has 0 aromatic heterocycles. The van der Waals surface area contributed by atoms with Crippen LogP contribution < -0.4 is 0 Å². The molecule has 0 aromatic rings. The van der Waals surface area contributed by atoms with E-state index in [2.05, 4.69) is 27.7 Å². The average Bonchev–Trinajstić information content (AvgIpc) is 2.91. The van der Waals surface area contributed by atoms with Gasteiger partial charge in [0.25, 0.3) is 0 Å². The van der Waals surface area contributed by atoms with Gasteiger partial charge in [-0.2, -0.15) is 0 Å². The van der Waals surface area contributed by atoms with Gasteiger partial charge in [-0.3, -0.25) is 4.79 Å². The van der Waals surface area contributed by atoms with E-state index in [1.54, 1.807) is 0 Å². The Morgan fingerprint density at radius 1 is 0.926 bits per heavy atom. The van der Waals surface area contributed by atoms with Gasteiger partial charge in [0.1, 0.15) is 0 Å². The van der Waals surface area contributed by atoms with Crippen molar-refractivity contribution < 1.29 is 9.90 Å². The van der Waals surface area contributed by atoms with Crippen molar-refractivity contribution >= 4 is 5.97 Å². The van der Waals surface area contributed by atoms with Crippen LogP contribution in [0.25, 0.3) is 0 Å². The van der Waals surface area contributed by atoms with Crippen LogP contribution in [0.4, 0.5) is 0 Å². The van der Waals surface area contributed by atoms with Crippen molar-refractivity contribution in [1.82, 2.24) is 0 Å². The van der Waals surface area contributed by atoms with Crippen molar-refractivity contribution in [2.75, 3.05) is 0 Å². The molecule has 0 heterocycles. The monoisotopic (exact) mass is 374 g/mol. The van der Waals surface area contributed by atoms with Gasteiger partial charge >= 0.3 is 5.97 Å². The maximum absolute atomic E-state index is 11.1. The van der Waals surface area contributed by atoms with Crippen LogP contribution in [0.3, 0.4) is 0 Å². The quantitative estimate of drug-likeness (QED) is 0.579. The van der Waals surface area contributed by atoms with Crippen LogP contribution in [0, 0.1) is 45.8 Å². The summed E-state index contributed by atoms with van der Waals surface area (Å²) in [6.45, 7) is 10.3. The lowest BCUT2D eigenvalue weighted by atomic mass is 9.40. The van der Waals surface area contributed by atoms with E-state index in [9.17, 15) is 4.79 Å². The van der Waals surface area contributed by atoms with Crippen molar-refractivity contribution in [3.63, 3.8) is 0 Å². The first-order chi connectivity index (χ1) is 12.7. The maximum Gasteiger partial charge on any atom is 0.303 e. The maximum atomic E-state index is 11.1. The Morgan fingerprint density at radius 3 is 2.41 bits per heavy atom. The molecule has 27 heavy (non-hydrogen) atoms. The summed E-state index contributed by atoms with van der Waals surface area (Å²) in [7, 11) is 0. The van der Waals surface area contributed by atoms with Gasteiger partial charge in [-0.05, 0) is 104 Å². The summed E-state index contributed by atoms with van der Waals surface area (Å²) in [4.78, 5) is 11.1. The Kier molecular flexibility index (Phi) is 4.96. The second-order valence-corrected chi connectivity index (χ2v) is 11.7. The van der Waals surface area contributed by atoms with Crippen LogP contribution in [-0.2, 0) is 4.79 Å². The summed E-state index contributed by atoms with van der Waals surface area (Å²) in [6, 6.07) is 0. The van der Waals surface area contributed by atoms with E-state index in [4.69, 9.17) is 5.11 Å². The van der Waals surface area contributed by atoms with Crippen LogP contribution in [-0.4, -0.2) is 11.1 Å². The van der Waals surface area contributed by atoms with Crippen LogP contribution in [0.2, 0.25) is 0 Å². The molecule has 4 aliphatic rings. The summed E-state index contributed by atoms with van der Waals surface area (Å²) in [5.41, 5.74) is 1.51. The zero-order valence-corrected chi connectivity index (χ0v) is 18.2. The lowest BCUT2D eigenvalue weighted by molar-refractivity contribution is -0.157. The highest BCUT2D eigenvalue weighted by Crippen LogP contribution is 2.73. The molecule has 0 amide bonds. The lowest BCUT2D eigenvalue weighted by Gasteiger charge is -2.64. The van der Waals surface area contributed by atoms with Gasteiger partial charge in [0.2, 0.25) is 0 Å². The second-order valence-electron chi connectivity index (χ2n) is 11.7. The lowest BCUT2D eigenvalue weighted by Crippen LogP contribution is -2.57. The molecule has 8 atom stereocenters. The minimum Gasteiger partial charge on any atom is -0.481 e. The Labute approximate surface area is 166 Å². The van der Waals surface area contributed by atoms with Crippen LogP contribution in [0.1, 0.15) is 105 Å². The predicted molar refractivity (Wildman–Crippen MR) is 110 cm³/mol. The summed E-state index contributed by atoms with van der Waals surface area (Å²) < 4.78 is 0. The van der Waals surface area contributed by atoms with Gasteiger partial charge in [0.05, 0.1) is 0 Å². The normalized spacial score (nSPS) is 50.4. The second kappa shape index (κ2) is 6.77. The number of hydrogen-bond acceptors (Lipinski definition) is 1. The molecular formula is C25H42O2. The van der Waals surface area contributed by atoms with Crippen molar-refractivity contribution in [2.45, 2.75) is 105 Å². The highest BCUT2D eigenvalue weighted by Gasteiger charge is 2.65. The molecule has 0 unspecified atom stereocenters. The molecule has 0 aliphatic heterocycles. The average molecular weight is 375 g/mol. The number of carboxylic acids is 1. The predicted octanol–water partition coefficient (Wildman–Crippen LogP) is 6.93. The molecular weight excluding hydrogens is 332 g/mol. The smallest absolute Gasteiger partial charge is 0.303 e. The molecule has 0 aromatic carbocycles. The topological polar surface area (TPSA) is 37.3 Å². The van der Waals surface area contributed by atoms with Crippen molar-refractivity contribution in [3.05, 3.63) is 0 Å². The first kappa shape index (κ1) is 19.8. The standard InChI is InChI=1S/C25H42O2/c1-17(8-11-22(26)27)19-12-15-25(4)21-10-9-18-7-5-6-14-23(18,2)20(21)13-16-24(19,25)3/h17-21H,5-16H2,1-4H3,(H,26,27)/t17-,18+,19-,20+,21-,23+,24-,25+/m1/s1. The first-order valence-corrected chi connectivity index (χ1v) is 11.9. The molecule has 2 heteroatoms. The molecule has 0 spiro atoms. The third-order valence-corrected chi connectivity index (χ3v) is 11.0. The van der Waals surface area contributed by atoms with E-state index in [0.29, 0.717) is 28.6 Å². The SMILES string of the molecule is C[C@H](CCC(=O)O)[C@H]1CC[C@@]2(C)[C@@H]3CC[C@@H]4CCCC[C@]4(C)[C@H]3CC[C@]12C. The number of carboxylic acid groups (broad SMARTS) is 1. The zero-order valence-electron chi connectivity index (χ0n) is 18.2. The Bertz CT molecular complexity index is 585. The molecule has 1 N–H and O–H groups in total. The largest absolute Gasteiger partial charge is 0.481 e. The van der Waals surface area contributed by atoms with Crippen LogP contribution in [0.15, 0.2) is 0 Å². The molecule has 0 bridgehead atoms. The number of carbonyl (C=O) groups is 1. The molecule has 4 fully saturated rings. The summed E-state index contributed by atoms with van der Waals surface area (Å²) >= 11 is 0. The molecule has 2 nitrogen and oxygen atoms in total. The molecule has 4 aliphatic carbocycles. The van der Waals surface area contributed by atoms with Gasteiger partial charge in [-0.15, -0.1) is 0 Å². The van der Waals surface area contributed by atoms with Crippen molar-refractivity contribution in [1.29, 1.82) is 0 Å². The number of hydrogen-bond donors (Lipinski definition) is 1. The molecule has 154 valence electrons. The highest BCUT2D eigenvalue weighted by atomic mass is 16.4. The van der Waals surface area contributed by atoms with Crippen LogP contribution in [0.5, 0.6) is 0 Å². The van der Waals surface area contributed by atoms with Crippen molar-refractivity contribution in [2.24, 2.45) is 45.8 Å². The molecule has 4 saturated carbocycles. The summed E-state index contributed by atoms with van der Waals surface area (Å²) in [5.74, 6) is 3.49. The van der Waals surface area contributed by atoms with Gasteiger partial charge in [-0.1, -0.05) is 40.5 Å². The first-order valence-electron chi connectivity index (χ1n) is 11.9. The fourth-order valence-corrected chi connectivity index (χ4v) is 9.21. The minimum atomic E-state index is -0.625. The molecule has 0 saturated heterocycles. The Hall–Kier alpha value is -0.530. The van der Waals surface area contributed by atoms with Gasteiger partial charge in [0.15, 0.2) is 0 Å².